The summed E-state index contributed by atoms with van der Waals surface area (Å²) in [6, 6.07) is 8.82. The zero-order valence-electron chi connectivity index (χ0n) is 14.2. The summed E-state index contributed by atoms with van der Waals surface area (Å²) >= 11 is 0. The molecule has 2 aromatic rings. The molecule has 2 rings (SSSR count). The highest BCUT2D eigenvalue weighted by Gasteiger charge is 2.37. The van der Waals surface area contributed by atoms with Crippen LogP contribution in [0, 0.1) is 0 Å². The van der Waals surface area contributed by atoms with Gasteiger partial charge in [-0.05, 0) is 40.8 Å². The summed E-state index contributed by atoms with van der Waals surface area (Å²) in [6.07, 6.45) is 4.14. The summed E-state index contributed by atoms with van der Waals surface area (Å²) in [4.78, 5) is 0. The number of hydrogen-bond acceptors (Lipinski definition) is 1. The Morgan fingerprint density at radius 2 is 1.50 bits per heavy atom. The van der Waals surface area contributed by atoms with Gasteiger partial charge in [-0.15, -0.1) is 0 Å². The number of halogens is 3. The van der Waals surface area contributed by atoms with Crippen molar-refractivity contribution in [3.8, 4) is 0 Å². The average molecular weight is 337 g/mol. The van der Waals surface area contributed by atoms with E-state index in [1.165, 1.54) is 43.7 Å². The first-order chi connectivity index (χ1) is 11.4. The van der Waals surface area contributed by atoms with E-state index in [9.17, 15) is 13.2 Å². The largest absolute Gasteiger partial charge is 0.407 e. The molecule has 0 amide bonds. The van der Waals surface area contributed by atoms with E-state index in [4.69, 9.17) is 5.73 Å². The van der Waals surface area contributed by atoms with Crippen molar-refractivity contribution in [2.45, 2.75) is 64.1 Å². The lowest BCUT2D eigenvalue weighted by Gasteiger charge is -2.16. The third kappa shape index (κ3) is 5.23. The number of fused-ring (bicyclic) bond motifs is 1. The van der Waals surface area contributed by atoms with E-state index in [2.05, 4.69) is 13.0 Å². The Bertz CT molecular complexity index is 649. The number of alkyl halides is 3. The van der Waals surface area contributed by atoms with E-state index in [1.807, 2.05) is 12.1 Å². The molecule has 0 unspecified atom stereocenters. The molecule has 4 heteroatoms. The summed E-state index contributed by atoms with van der Waals surface area (Å²) in [5, 5.41) is 1.77. The van der Waals surface area contributed by atoms with Gasteiger partial charge in [0.15, 0.2) is 0 Å². The number of aryl methyl sites for hydroxylation is 1. The topological polar surface area (TPSA) is 26.0 Å². The van der Waals surface area contributed by atoms with Crippen LogP contribution in [-0.4, -0.2) is 6.18 Å². The molecule has 0 bridgehead atoms. The van der Waals surface area contributed by atoms with E-state index in [-0.39, 0.29) is 5.56 Å². The van der Waals surface area contributed by atoms with Gasteiger partial charge < -0.3 is 5.73 Å². The fourth-order valence-electron chi connectivity index (χ4n) is 2.96. The van der Waals surface area contributed by atoms with Crippen LogP contribution in [0.1, 0.15) is 62.6 Å². The maximum absolute atomic E-state index is 12.7. The molecule has 1 atom stereocenters. The lowest BCUT2D eigenvalue weighted by molar-refractivity contribution is -0.149. The number of benzene rings is 2. The maximum Gasteiger partial charge on any atom is 0.407 e. The molecule has 0 heterocycles. The summed E-state index contributed by atoms with van der Waals surface area (Å²) in [5.74, 6) is 0. The van der Waals surface area contributed by atoms with Gasteiger partial charge in [0.2, 0.25) is 0 Å². The molecule has 0 aliphatic rings. The molecule has 1 nitrogen and oxygen atoms in total. The second-order valence-corrected chi connectivity index (χ2v) is 6.48. The highest BCUT2D eigenvalue weighted by molar-refractivity contribution is 5.84. The Hall–Kier alpha value is -1.55. The van der Waals surface area contributed by atoms with Gasteiger partial charge in [-0.2, -0.15) is 13.2 Å². The second kappa shape index (κ2) is 8.52. The maximum atomic E-state index is 12.7. The van der Waals surface area contributed by atoms with Gasteiger partial charge >= 0.3 is 6.18 Å². The van der Waals surface area contributed by atoms with Gasteiger partial charge in [0.05, 0.1) is 0 Å². The standard InChI is InChI=1S/C20H26F3N/c1-2-3-4-5-6-7-8-15-9-10-17-14-18(12-11-16(17)13-15)19(24)20(21,22)23/h9-14,19H,2-8,24H2,1H3/t19-/m0/s1. The fourth-order valence-corrected chi connectivity index (χ4v) is 2.96. The Balaban J connectivity index is 1.99. The zero-order chi connectivity index (χ0) is 17.6. The van der Waals surface area contributed by atoms with Crippen LogP contribution in [0.4, 0.5) is 13.2 Å². The number of rotatable bonds is 8. The molecular formula is C20H26F3N. The molecular weight excluding hydrogens is 311 g/mol. The first kappa shape index (κ1) is 18.8. The van der Waals surface area contributed by atoms with Crippen molar-refractivity contribution in [3.63, 3.8) is 0 Å². The van der Waals surface area contributed by atoms with E-state index >= 15 is 0 Å². The lowest BCUT2D eigenvalue weighted by Crippen LogP contribution is -2.28. The molecule has 0 aromatic heterocycles. The molecule has 2 N–H and O–H groups in total. The van der Waals surface area contributed by atoms with Crippen molar-refractivity contribution in [2.24, 2.45) is 5.73 Å². The lowest BCUT2D eigenvalue weighted by atomic mass is 9.98. The van der Waals surface area contributed by atoms with Crippen molar-refractivity contribution >= 4 is 10.8 Å². The molecule has 24 heavy (non-hydrogen) atoms. The van der Waals surface area contributed by atoms with Gasteiger partial charge in [0.25, 0.3) is 0 Å². The van der Waals surface area contributed by atoms with Gasteiger partial charge in [-0.25, -0.2) is 0 Å². The van der Waals surface area contributed by atoms with Gasteiger partial charge in [0.1, 0.15) is 6.04 Å². The fraction of sp³-hybridized carbons (Fsp3) is 0.500. The van der Waals surface area contributed by atoms with Crippen LogP contribution in [0.2, 0.25) is 0 Å². The first-order valence-corrected chi connectivity index (χ1v) is 8.76. The van der Waals surface area contributed by atoms with E-state index in [0.717, 1.165) is 23.6 Å². The predicted octanol–water partition coefficient (Wildman–Crippen LogP) is 6.30. The summed E-state index contributed by atoms with van der Waals surface area (Å²) in [5.41, 5.74) is 6.64. The van der Waals surface area contributed by atoms with Crippen LogP contribution < -0.4 is 5.73 Å². The quantitative estimate of drug-likeness (QED) is 0.562. The minimum Gasteiger partial charge on any atom is -0.316 e. The molecule has 0 aliphatic heterocycles. The van der Waals surface area contributed by atoms with Gasteiger partial charge in [-0.3, -0.25) is 0 Å². The molecule has 0 spiro atoms. The van der Waals surface area contributed by atoms with Crippen LogP contribution in [0.5, 0.6) is 0 Å². The number of unbranched alkanes of at least 4 members (excludes halogenated alkanes) is 5. The van der Waals surface area contributed by atoms with Crippen molar-refractivity contribution in [1.82, 2.24) is 0 Å². The van der Waals surface area contributed by atoms with E-state index in [1.54, 1.807) is 12.1 Å². The molecule has 0 aliphatic carbocycles. The van der Waals surface area contributed by atoms with E-state index in [0.29, 0.717) is 0 Å². The van der Waals surface area contributed by atoms with E-state index < -0.39 is 12.2 Å². The van der Waals surface area contributed by atoms with Crippen molar-refractivity contribution in [1.29, 1.82) is 0 Å². The van der Waals surface area contributed by atoms with Gasteiger partial charge in [-0.1, -0.05) is 69.4 Å². The minimum atomic E-state index is -4.41. The highest BCUT2D eigenvalue weighted by Crippen LogP contribution is 2.32. The molecule has 0 radical (unpaired) electrons. The van der Waals surface area contributed by atoms with Crippen molar-refractivity contribution in [3.05, 3.63) is 47.5 Å². The minimum absolute atomic E-state index is 0.110. The van der Waals surface area contributed by atoms with Gasteiger partial charge in [0, 0.05) is 0 Å². The highest BCUT2D eigenvalue weighted by atomic mass is 19.4. The van der Waals surface area contributed by atoms with Crippen LogP contribution in [-0.2, 0) is 6.42 Å². The molecule has 2 aromatic carbocycles. The Morgan fingerprint density at radius 3 is 2.21 bits per heavy atom. The third-order valence-electron chi connectivity index (χ3n) is 4.46. The summed E-state index contributed by atoms with van der Waals surface area (Å²) in [6.45, 7) is 2.21. The molecule has 0 saturated carbocycles. The molecule has 132 valence electrons. The predicted molar refractivity (Wildman–Crippen MR) is 94.0 cm³/mol. The number of hydrogen-bond donors (Lipinski definition) is 1. The van der Waals surface area contributed by atoms with Crippen LogP contribution in [0.25, 0.3) is 10.8 Å². The zero-order valence-corrected chi connectivity index (χ0v) is 14.2. The molecule has 0 fully saturated rings. The van der Waals surface area contributed by atoms with Crippen molar-refractivity contribution < 1.29 is 13.2 Å². The Morgan fingerprint density at radius 1 is 0.875 bits per heavy atom. The monoisotopic (exact) mass is 337 g/mol. The van der Waals surface area contributed by atoms with Crippen LogP contribution in [0.15, 0.2) is 36.4 Å². The Labute approximate surface area is 142 Å². The smallest absolute Gasteiger partial charge is 0.316 e. The van der Waals surface area contributed by atoms with Crippen molar-refractivity contribution in [2.75, 3.05) is 0 Å². The molecule has 0 saturated heterocycles. The second-order valence-electron chi connectivity index (χ2n) is 6.48. The summed E-state index contributed by atoms with van der Waals surface area (Å²) in [7, 11) is 0. The Kier molecular flexibility index (Phi) is 6.67. The normalized spacial score (nSPS) is 13.4. The average Bonchev–Trinajstić information content (AvgIpc) is 2.56. The number of nitrogens with two attached hydrogens (primary N) is 1. The van der Waals surface area contributed by atoms with Crippen LogP contribution >= 0.6 is 0 Å². The SMILES string of the molecule is CCCCCCCCc1ccc2cc([C@H](N)C(F)(F)F)ccc2c1. The summed E-state index contributed by atoms with van der Waals surface area (Å²) < 4.78 is 38.2. The first-order valence-electron chi connectivity index (χ1n) is 8.76. The van der Waals surface area contributed by atoms with Crippen LogP contribution in [0.3, 0.4) is 0 Å². The third-order valence-corrected chi connectivity index (χ3v) is 4.46.